The van der Waals surface area contributed by atoms with Crippen molar-refractivity contribution in [1.82, 2.24) is 9.55 Å². The molecule has 0 bridgehead atoms. The van der Waals surface area contributed by atoms with E-state index in [4.69, 9.17) is 4.74 Å². The lowest BCUT2D eigenvalue weighted by molar-refractivity contribution is -0.135. The van der Waals surface area contributed by atoms with E-state index in [1.54, 1.807) is 13.3 Å². The molecule has 0 aromatic carbocycles. The van der Waals surface area contributed by atoms with E-state index < -0.39 is 12.6 Å². The Kier molecular flexibility index (Phi) is 6.69. The molecular weight excluding hydrogens is 259 g/mol. The Morgan fingerprint density at radius 3 is 2.79 bits per heavy atom. The predicted octanol–water partition coefficient (Wildman–Crippen LogP) is 3.06. The number of hydrogen-bond acceptors (Lipinski definition) is 3. The Bertz CT molecular complexity index is 352. The van der Waals surface area contributed by atoms with E-state index in [1.165, 1.54) is 0 Å². The summed E-state index contributed by atoms with van der Waals surface area (Å²) in [4.78, 5) is 4.13. The lowest BCUT2D eigenvalue weighted by Crippen LogP contribution is -2.11. The Hall–Kier alpha value is -1.24. The van der Waals surface area contributed by atoms with E-state index >= 15 is 0 Å². The number of alkyl halides is 3. The quantitative estimate of drug-likeness (QED) is 0.706. The zero-order valence-corrected chi connectivity index (χ0v) is 11.0. The second-order valence-corrected chi connectivity index (χ2v) is 4.29. The normalized spacial score (nSPS) is 11.8. The molecule has 110 valence electrons. The van der Waals surface area contributed by atoms with Gasteiger partial charge in [-0.05, 0) is 19.3 Å². The summed E-state index contributed by atoms with van der Waals surface area (Å²) in [6.07, 6.45) is 0.217. The molecule has 0 aliphatic rings. The summed E-state index contributed by atoms with van der Waals surface area (Å²) in [7, 11) is 1.65. The van der Waals surface area contributed by atoms with Crippen LogP contribution >= 0.6 is 0 Å². The molecule has 1 aromatic rings. The molecule has 0 amide bonds. The largest absolute Gasteiger partial charge is 0.389 e. The smallest absolute Gasteiger partial charge is 0.385 e. The van der Waals surface area contributed by atoms with Crippen molar-refractivity contribution in [1.29, 1.82) is 0 Å². The molecule has 0 spiro atoms. The molecule has 1 heterocycles. The number of aryl methyl sites for hydroxylation is 1. The van der Waals surface area contributed by atoms with Gasteiger partial charge in [0.1, 0.15) is 0 Å². The molecule has 1 rings (SSSR count). The SMILES string of the molecule is COCCCn1ccnc1NCCCCC(F)(F)F. The average Bonchev–Trinajstić information content (AvgIpc) is 2.75. The van der Waals surface area contributed by atoms with Crippen LogP contribution in [0.25, 0.3) is 0 Å². The standard InChI is InChI=1S/C12H20F3N3O/c1-19-10-4-8-18-9-7-17-11(18)16-6-3-2-5-12(13,14)15/h7,9H,2-6,8,10H2,1H3,(H,16,17). The number of imidazole rings is 1. The number of nitrogens with zero attached hydrogens (tertiary/aromatic N) is 2. The third-order valence-electron chi connectivity index (χ3n) is 2.63. The summed E-state index contributed by atoms with van der Waals surface area (Å²) in [5.74, 6) is 0.697. The summed E-state index contributed by atoms with van der Waals surface area (Å²) >= 11 is 0. The fourth-order valence-electron chi connectivity index (χ4n) is 1.69. The van der Waals surface area contributed by atoms with Crippen LogP contribution in [-0.2, 0) is 11.3 Å². The van der Waals surface area contributed by atoms with E-state index in [0.29, 0.717) is 25.5 Å². The predicted molar refractivity (Wildman–Crippen MR) is 67.1 cm³/mol. The molecule has 1 N–H and O–H groups in total. The molecule has 0 radical (unpaired) electrons. The van der Waals surface area contributed by atoms with Gasteiger partial charge in [-0.25, -0.2) is 4.98 Å². The Morgan fingerprint density at radius 2 is 2.11 bits per heavy atom. The van der Waals surface area contributed by atoms with Crippen LogP contribution in [0.4, 0.5) is 19.1 Å². The molecule has 4 nitrogen and oxygen atoms in total. The van der Waals surface area contributed by atoms with Crippen molar-refractivity contribution in [3.8, 4) is 0 Å². The van der Waals surface area contributed by atoms with Gasteiger partial charge in [-0.1, -0.05) is 0 Å². The second-order valence-electron chi connectivity index (χ2n) is 4.29. The first-order chi connectivity index (χ1) is 9.03. The van der Waals surface area contributed by atoms with Gasteiger partial charge in [0, 0.05) is 45.6 Å². The summed E-state index contributed by atoms with van der Waals surface area (Å²) in [5.41, 5.74) is 0. The van der Waals surface area contributed by atoms with E-state index in [-0.39, 0.29) is 6.42 Å². The molecule has 0 aliphatic carbocycles. The van der Waals surface area contributed by atoms with Crippen molar-refractivity contribution in [3.63, 3.8) is 0 Å². The van der Waals surface area contributed by atoms with Crippen LogP contribution in [-0.4, -0.2) is 36.0 Å². The number of methoxy groups -OCH3 is 1. The Labute approximate surface area is 111 Å². The van der Waals surface area contributed by atoms with Gasteiger partial charge in [-0.2, -0.15) is 13.2 Å². The third kappa shape index (κ3) is 7.05. The van der Waals surface area contributed by atoms with Crippen molar-refractivity contribution in [2.45, 2.75) is 38.4 Å². The first kappa shape index (κ1) is 15.8. The number of rotatable bonds is 9. The van der Waals surface area contributed by atoms with Crippen LogP contribution in [0.5, 0.6) is 0 Å². The molecule has 0 atom stereocenters. The van der Waals surface area contributed by atoms with Gasteiger partial charge in [0.25, 0.3) is 0 Å². The van der Waals surface area contributed by atoms with Crippen molar-refractivity contribution in [2.24, 2.45) is 0 Å². The molecule has 0 saturated heterocycles. The first-order valence-corrected chi connectivity index (χ1v) is 6.33. The third-order valence-corrected chi connectivity index (χ3v) is 2.63. The maximum absolute atomic E-state index is 11.9. The first-order valence-electron chi connectivity index (χ1n) is 6.33. The number of anilines is 1. The van der Waals surface area contributed by atoms with Gasteiger partial charge in [-0.3, -0.25) is 0 Å². The van der Waals surface area contributed by atoms with Gasteiger partial charge < -0.3 is 14.6 Å². The average molecular weight is 279 g/mol. The minimum Gasteiger partial charge on any atom is -0.385 e. The summed E-state index contributed by atoms with van der Waals surface area (Å²) in [5, 5.41) is 3.05. The van der Waals surface area contributed by atoms with Crippen molar-refractivity contribution in [3.05, 3.63) is 12.4 Å². The zero-order valence-electron chi connectivity index (χ0n) is 11.0. The summed E-state index contributed by atoms with van der Waals surface area (Å²) in [6.45, 7) is 1.94. The lowest BCUT2D eigenvalue weighted by atomic mass is 10.2. The highest BCUT2D eigenvalue weighted by atomic mass is 19.4. The topological polar surface area (TPSA) is 39.1 Å². The highest BCUT2D eigenvalue weighted by Gasteiger charge is 2.25. The van der Waals surface area contributed by atoms with Gasteiger partial charge >= 0.3 is 6.18 Å². The summed E-state index contributed by atoms with van der Waals surface area (Å²) in [6, 6.07) is 0. The Balaban J connectivity index is 2.20. The van der Waals surface area contributed by atoms with E-state index in [0.717, 1.165) is 13.0 Å². The van der Waals surface area contributed by atoms with E-state index in [1.807, 2.05) is 10.8 Å². The maximum Gasteiger partial charge on any atom is 0.389 e. The molecule has 19 heavy (non-hydrogen) atoms. The van der Waals surface area contributed by atoms with Gasteiger partial charge in [0.2, 0.25) is 5.95 Å². The van der Waals surface area contributed by atoms with Crippen LogP contribution in [0.1, 0.15) is 25.7 Å². The molecule has 0 saturated carbocycles. The highest BCUT2D eigenvalue weighted by molar-refractivity contribution is 5.25. The van der Waals surface area contributed by atoms with Gasteiger partial charge in [0.05, 0.1) is 0 Å². The lowest BCUT2D eigenvalue weighted by Gasteiger charge is -2.10. The minimum absolute atomic E-state index is 0.140. The van der Waals surface area contributed by atoms with Crippen LogP contribution in [0.3, 0.4) is 0 Å². The van der Waals surface area contributed by atoms with Crippen LogP contribution in [0.2, 0.25) is 0 Å². The maximum atomic E-state index is 11.9. The highest BCUT2D eigenvalue weighted by Crippen LogP contribution is 2.22. The van der Waals surface area contributed by atoms with E-state index in [9.17, 15) is 13.2 Å². The second kappa shape index (κ2) is 8.04. The fourth-order valence-corrected chi connectivity index (χ4v) is 1.69. The minimum atomic E-state index is -4.06. The van der Waals surface area contributed by atoms with Crippen LogP contribution in [0.15, 0.2) is 12.4 Å². The number of unbranched alkanes of at least 4 members (excludes halogenated alkanes) is 1. The number of aromatic nitrogens is 2. The fraction of sp³-hybridized carbons (Fsp3) is 0.750. The number of hydrogen-bond donors (Lipinski definition) is 1. The van der Waals surface area contributed by atoms with Gasteiger partial charge in [-0.15, -0.1) is 0 Å². The van der Waals surface area contributed by atoms with Crippen molar-refractivity contribution in [2.75, 3.05) is 25.6 Å². The number of ether oxygens (including phenoxy) is 1. The zero-order chi connectivity index (χ0) is 14.1. The molecule has 7 heteroatoms. The monoisotopic (exact) mass is 279 g/mol. The van der Waals surface area contributed by atoms with Crippen LogP contribution in [0, 0.1) is 0 Å². The number of nitrogens with one attached hydrogen (secondary N) is 1. The van der Waals surface area contributed by atoms with Crippen LogP contribution < -0.4 is 5.32 Å². The molecular formula is C12H20F3N3O. The Morgan fingerprint density at radius 1 is 1.32 bits per heavy atom. The summed E-state index contributed by atoms with van der Waals surface area (Å²) < 4.78 is 42.7. The number of halogens is 3. The van der Waals surface area contributed by atoms with Crippen molar-refractivity contribution < 1.29 is 17.9 Å². The molecule has 0 aliphatic heterocycles. The van der Waals surface area contributed by atoms with E-state index in [2.05, 4.69) is 10.3 Å². The van der Waals surface area contributed by atoms with Crippen molar-refractivity contribution >= 4 is 5.95 Å². The molecule has 1 aromatic heterocycles. The van der Waals surface area contributed by atoms with Gasteiger partial charge in [0.15, 0.2) is 0 Å². The molecule has 0 fully saturated rings. The molecule has 0 unspecified atom stereocenters.